The van der Waals surface area contributed by atoms with Crippen molar-refractivity contribution in [1.82, 2.24) is 10.3 Å². The molecule has 0 spiro atoms. The zero-order chi connectivity index (χ0) is 20.8. The van der Waals surface area contributed by atoms with E-state index in [1.54, 1.807) is 18.2 Å². The number of carbonyl (C=O) groups is 2. The number of amides is 2. The summed E-state index contributed by atoms with van der Waals surface area (Å²) < 4.78 is 39.8. The monoisotopic (exact) mass is 399 g/mol. The topological polar surface area (TPSA) is 71.1 Å². The third-order valence-corrected chi connectivity index (χ3v) is 4.08. The summed E-state index contributed by atoms with van der Waals surface area (Å²) in [6, 6.07) is 10.5. The van der Waals surface area contributed by atoms with Crippen LogP contribution in [0.25, 0.3) is 0 Å². The van der Waals surface area contributed by atoms with Crippen molar-refractivity contribution in [3.8, 4) is 0 Å². The second-order valence-electron chi connectivity index (χ2n) is 6.14. The Hall–Kier alpha value is -3.68. The van der Waals surface area contributed by atoms with Crippen molar-refractivity contribution in [2.24, 2.45) is 0 Å². The van der Waals surface area contributed by atoms with Crippen LogP contribution in [0.5, 0.6) is 0 Å². The molecule has 0 aliphatic carbocycles. The Bertz CT molecular complexity index is 1060. The molecule has 29 heavy (non-hydrogen) atoms. The van der Waals surface area contributed by atoms with Gasteiger partial charge in [0.2, 0.25) is 0 Å². The second-order valence-corrected chi connectivity index (χ2v) is 6.14. The normalized spacial score (nSPS) is 10.4. The van der Waals surface area contributed by atoms with E-state index in [0.29, 0.717) is 12.0 Å². The van der Waals surface area contributed by atoms with E-state index in [2.05, 4.69) is 15.6 Å². The fraction of sp³-hybridized carbons (Fsp3) is 0.0952. The van der Waals surface area contributed by atoms with Gasteiger partial charge in [-0.3, -0.25) is 14.6 Å². The van der Waals surface area contributed by atoms with Gasteiger partial charge in [0.15, 0.2) is 11.6 Å². The molecule has 0 radical (unpaired) electrons. The van der Waals surface area contributed by atoms with Gasteiger partial charge in [-0.2, -0.15) is 0 Å². The summed E-state index contributed by atoms with van der Waals surface area (Å²) in [5.74, 6) is -3.58. The fourth-order valence-corrected chi connectivity index (χ4v) is 2.58. The summed E-state index contributed by atoms with van der Waals surface area (Å²) in [6.45, 7) is 0.199. The number of rotatable bonds is 6. The highest BCUT2D eigenvalue weighted by molar-refractivity contribution is 6.05. The zero-order valence-electron chi connectivity index (χ0n) is 15.1. The molecule has 3 rings (SSSR count). The van der Waals surface area contributed by atoms with Crippen LogP contribution in [-0.4, -0.2) is 23.3 Å². The lowest BCUT2D eigenvalue weighted by atomic mass is 10.1. The first-order chi connectivity index (χ1) is 13.9. The number of aromatic nitrogens is 1. The molecule has 0 fully saturated rings. The molecule has 8 heteroatoms. The van der Waals surface area contributed by atoms with Crippen LogP contribution in [0.3, 0.4) is 0 Å². The van der Waals surface area contributed by atoms with E-state index in [1.807, 2.05) is 0 Å². The second kappa shape index (κ2) is 9.01. The van der Waals surface area contributed by atoms with Crippen molar-refractivity contribution in [2.75, 3.05) is 11.9 Å². The molecule has 148 valence electrons. The maximum atomic E-state index is 13.6. The number of carbonyl (C=O) groups excluding carboxylic acids is 2. The van der Waals surface area contributed by atoms with Crippen molar-refractivity contribution in [1.29, 1.82) is 0 Å². The van der Waals surface area contributed by atoms with E-state index in [-0.39, 0.29) is 29.2 Å². The molecule has 0 saturated carbocycles. The van der Waals surface area contributed by atoms with Gasteiger partial charge in [-0.05, 0) is 36.2 Å². The first kappa shape index (κ1) is 20.1. The number of nitrogens with zero attached hydrogens (tertiary/aromatic N) is 1. The Balaban J connectivity index is 1.62. The molecule has 5 nitrogen and oxygen atoms in total. The third kappa shape index (κ3) is 5.19. The van der Waals surface area contributed by atoms with Gasteiger partial charge in [0, 0.05) is 30.7 Å². The Labute approximate surface area is 164 Å². The van der Waals surface area contributed by atoms with Gasteiger partial charge >= 0.3 is 0 Å². The van der Waals surface area contributed by atoms with Crippen molar-refractivity contribution in [3.63, 3.8) is 0 Å². The number of halogens is 3. The van der Waals surface area contributed by atoms with Crippen LogP contribution >= 0.6 is 0 Å². The number of pyridine rings is 1. The first-order valence-electron chi connectivity index (χ1n) is 8.67. The standard InChI is InChI=1S/C21H16F3N3O2/c22-17-4-2-1-3-13(17)7-8-26-20(28)14-9-15(12-25-11-14)21(29)27-16-5-6-18(23)19(24)10-16/h1-6,9-12H,7-8H2,(H,26,28)(H,27,29). The van der Waals surface area contributed by atoms with Gasteiger partial charge in [-0.15, -0.1) is 0 Å². The van der Waals surface area contributed by atoms with Crippen LogP contribution < -0.4 is 10.6 Å². The highest BCUT2D eigenvalue weighted by atomic mass is 19.2. The lowest BCUT2D eigenvalue weighted by Gasteiger charge is -2.08. The Morgan fingerprint density at radius 1 is 0.828 bits per heavy atom. The lowest BCUT2D eigenvalue weighted by Crippen LogP contribution is -2.26. The first-order valence-corrected chi connectivity index (χ1v) is 8.67. The summed E-state index contributed by atoms with van der Waals surface area (Å²) in [5.41, 5.74) is 0.743. The minimum atomic E-state index is -1.09. The number of benzene rings is 2. The number of nitrogens with one attached hydrogen (secondary N) is 2. The van der Waals surface area contributed by atoms with E-state index in [0.717, 1.165) is 12.1 Å². The maximum Gasteiger partial charge on any atom is 0.257 e. The van der Waals surface area contributed by atoms with Gasteiger partial charge in [-0.1, -0.05) is 18.2 Å². The molecule has 2 amide bonds. The van der Waals surface area contributed by atoms with Crippen LogP contribution in [-0.2, 0) is 6.42 Å². The summed E-state index contributed by atoms with van der Waals surface area (Å²) in [5, 5.41) is 5.04. The molecule has 2 N–H and O–H groups in total. The van der Waals surface area contributed by atoms with Crippen LogP contribution in [0.4, 0.5) is 18.9 Å². The van der Waals surface area contributed by atoms with Crippen LogP contribution in [0.1, 0.15) is 26.3 Å². The molecular weight excluding hydrogens is 383 g/mol. The lowest BCUT2D eigenvalue weighted by molar-refractivity contribution is 0.0953. The van der Waals surface area contributed by atoms with Crippen molar-refractivity contribution in [3.05, 3.63) is 95.1 Å². The molecule has 0 atom stereocenters. The fourth-order valence-electron chi connectivity index (χ4n) is 2.58. The minimum Gasteiger partial charge on any atom is -0.352 e. The van der Waals surface area contributed by atoms with Gasteiger partial charge in [0.1, 0.15) is 5.82 Å². The Kier molecular flexibility index (Phi) is 6.23. The van der Waals surface area contributed by atoms with Crippen LogP contribution in [0.15, 0.2) is 60.9 Å². The van der Waals surface area contributed by atoms with Crippen LogP contribution in [0, 0.1) is 17.5 Å². The largest absolute Gasteiger partial charge is 0.352 e. The van der Waals surface area contributed by atoms with Gasteiger partial charge in [0.05, 0.1) is 11.1 Å². The molecule has 1 heterocycles. The molecule has 0 aliphatic rings. The highest BCUT2D eigenvalue weighted by Gasteiger charge is 2.13. The summed E-state index contributed by atoms with van der Waals surface area (Å²) in [7, 11) is 0. The molecule has 0 bridgehead atoms. The SMILES string of the molecule is O=C(NCCc1ccccc1F)c1cncc(C(=O)Nc2ccc(F)c(F)c2)c1. The van der Waals surface area contributed by atoms with Gasteiger partial charge in [0.25, 0.3) is 11.8 Å². The van der Waals surface area contributed by atoms with E-state index in [4.69, 9.17) is 0 Å². The van der Waals surface area contributed by atoms with E-state index in [9.17, 15) is 22.8 Å². The molecule has 0 unspecified atom stereocenters. The Morgan fingerprint density at radius 3 is 2.28 bits per heavy atom. The molecule has 0 saturated heterocycles. The van der Waals surface area contributed by atoms with E-state index >= 15 is 0 Å². The third-order valence-electron chi connectivity index (χ3n) is 4.08. The quantitative estimate of drug-likeness (QED) is 0.664. The zero-order valence-corrected chi connectivity index (χ0v) is 15.1. The molecule has 3 aromatic rings. The summed E-state index contributed by atoms with van der Waals surface area (Å²) in [4.78, 5) is 28.4. The molecule has 1 aromatic heterocycles. The van der Waals surface area contributed by atoms with Gasteiger partial charge < -0.3 is 10.6 Å². The van der Waals surface area contributed by atoms with Crippen LogP contribution in [0.2, 0.25) is 0 Å². The maximum absolute atomic E-state index is 13.6. The summed E-state index contributed by atoms with van der Waals surface area (Å²) in [6.07, 6.45) is 2.83. The van der Waals surface area contributed by atoms with Crippen molar-refractivity contribution in [2.45, 2.75) is 6.42 Å². The average Bonchev–Trinajstić information content (AvgIpc) is 2.72. The van der Waals surface area contributed by atoms with Gasteiger partial charge in [-0.25, -0.2) is 13.2 Å². The average molecular weight is 399 g/mol. The number of hydrogen-bond acceptors (Lipinski definition) is 3. The number of hydrogen-bond donors (Lipinski definition) is 2. The highest BCUT2D eigenvalue weighted by Crippen LogP contribution is 2.14. The predicted octanol–water partition coefficient (Wildman–Crippen LogP) is 3.72. The number of anilines is 1. The summed E-state index contributed by atoms with van der Waals surface area (Å²) >= 11 is 0. The van der Waals surface area contributed by atoms with E-state index < -0.39 is 23.4 Å². The Morgan fingerprint density at radius 2 is 1.55 bits per heavy atom. The van der Waals surface area contributed by atoms with Crippen molar-refractivity contribution >= 4 is 17.5 Å². The predicted molar refractivity (Wildman–Crippen MR) is 101 cm³/mol. The molecule has 0 aliphatic heterocycles. The van der Waals surface area contributed by atoms with E-state index in [1.165, 1.54) is 30.6 Å². The minimum absolute atomic E-state index is 0.0636. The molecular formula is C21H16F3N3O2. The molecule has 2 aromatic carbocycles. The smallest absolute Gasteiger partial charge is 0.257 e. The van der Waals surface area contributed by atoms with Crippen molar-refractivity contribution < 1.29 is 22.8 Å².